The van der Waals surface area contributed by atoms with Crippen LogP contribution in [0.15, 0.2) is 36.4 Å². The van der Waals surface area contributed by atoms with Crippen molar-refractivity contribution >= 4 is 34.7 Å². The first-order chi connectivity index (χ1) is 13.0. The number of rotatable bonds is 4. The molecule has 2 amide bonds. The fourth-order valence-corrected chi connectivity index (χ4v) is 3.21. The smallest absolute Gasteiger partial charge is 0.323 e. The van der Waals surface area contributed by atoms with Crippen molar-refractivity contribution in [2.75, 3.05) is 55.9 Å². The Morgan fingerprint density at radius 1 is 1.04 bits per heavy atom. The van der Waals surface area contributed by atoms with Gasteiger partial charge in [0.15, 0.2) is 0 Å². The maximum atomic E-state index is 12.3. The zero-order chi connectivity index (χ0) is 19.4. The summed E-state index contributed by atoms with van der Waals surface area (Å²) in [5, 5.41) is 6.30. The summed E-state index contributed by atoms with van der Waals surface area (Å²) in [4.78, 5) is 16.9. The number of aryl methyl sites for hydroxylation is 1. The summed E-state index contributed by atoms with van der Waals surface area (Å²) in [5.74, 6) is 0.802. The number of carbonyl (C=O) groups excluding carboxylic acids is 1. The van der Waals surface area contributed by atoms with Gasteiger partial charge >= 0.3 is 6.03 Å². The molecule has 0 bridgehead atoms. The van der Waals surface area contributed by atoms with Gasteiger partial charge in [-0.05, 0) is 49.9 Å². The second-order valence-corrected chi connectivity index (χ2v) is 7.13. The molecular weight excluding hydrogens is 364 g/mol. The minimum absolute atomic E-state index is 0.315. The van der Waals surface area contributed by atoms with Gasteiger partial charge in [-0.2, -0.15) is 0 Å². The van der Waals surface area contributed by atoms with Crippen LogP contribution in [0.25, 0.3) is 0 Å². The largest absolute Gasteiger partial charge is 0.495 e. The average Bonchev–Trinajstić information content (AvgIpc) is 2.65. The molecule has 2 aromatic rings. The molecule has 7 heteroatoms. The van der Waals surface area contributed by atoms with E-state index in [0.29, 0.717) is 16.4 Å². The summed E-state index contributed by atoms with van der Waals surface area (Å²) in [5.41, 5.74) is 3.31. The van der Waals surface area contributed by atoms with Gasteiger partial charge in [0.25, 0.3) is 0 Å². The minimum Gasteiger partial charge on any atom is -0.495 e. The van der Waals surface area contributed by atoms with E-state index in [4.69, 9.17) is 16.3 Å². The normalized spacial score (nSPS) is 14.7. The SMILES string of the molecule is COc1ccc(NC(=O)Nc2ccc(C)c(Cl)c2)cc1N1CCN(C)CC1. The highest BCUT2D eigenvalue weighted by atomic mass is 35.5. The Kier molecular flexibility index (Phi) is 6.08. The van der Waals surface area contributed by atoms with Crippen LogP contribution in [0, 0.1) is 6.92 Å². The molecule has 0 aromatic heterocycles. The number of carbonyl (C=O) groups is 1. The number of halogens is 1. The lowest BCUT2D eigenvalue weighted by molar-refractivity contribution is 0.262. The van der Waals surface area contributed by atoms with Crippen molar-refractivity contribution in [2.24, 2.45) is 0 Å². The molecule has 0 unspecified atom stereocenters. The first-order valence-electron chi connectivity index (χ1n) is 8.92. The molecule has 144 valence electrons. The maximum absolute atomic E-state index is 12.3. The number of urea groups is 1. The Morgan fingerprint density at radius 3 is 2.30 bits per heavy atom. The number of amides is 2. The van der Waals surface area contributed by atoms with Crippen molar-refractivity contribution in [3.05, 3.63) is 47.0 Å². The Bertz CT molecular complexity index is 820. The molecule has 1 aliphatic heterocycles. The summed E-state index contributed by atoms with van der Waals surface area (Å²) in [6.45, 7) is 5.75. The van der Waals surface area contributed by atoms with Crippen LogP contribution in [-0.2, 0) is 0 Å². The highest BCUT2D eigenvalue weighted by molar-refractivity contribution is 6.31. The molecule has 1 aliphatic rings. The van der Waals surface area contributed by atoms with E-state index in [9.17, 15) is 4.79 Å². The van der Waals surface area contributed by atoms with Gasteiger partial charge in [0, 0.05) is 42.6 Å². The molecule has 3 rings (SSSR count). The van der Waals surface area contributed by atoms with Crippen LogP contribution in [0.5, 0.6) is 5.75 Å². The quantitative estimate of drug-likeness (QED) is 0.829. The van der Waals surface area contributed by atoms with Crippen molar-refractivity contribution in [1.29, 1.82) is 0 Å². The minimum atomic E-state index is -0.315. The summed E-state index contributed by atoms with van der Waals surface area (Å²) in [6, 6.07) is 10.8. The fourth-order valence-electron chi connectivity index (χ4n) is 3.03. The van der Waals surface area contributed by atoms with E-state index in [2.05, 4.69) is 27.5 Å². The van der Waals surface area contributed by atoms with Crippen molar-refractivity contribution < 1.29 is 9.53 Å². The topological polar surface area (TPSA) is 56.8 Å². The van der Waals surface area contributed by atoms with Gasteiger partial charge in [-0.25, -0.2) is 4.79 Å². The number of benzene rings is 2. The molecule has 0 saturated carbocycles. The third-order valence-corrected chi connectivity index (χ3v) is 5.12. The predicted molar refractivity (Wildman–Crippen MR) is 112 cm³/mol. The Balaban J connectivity index is 1.71. The monoisotopic (exact) mass is 388 g/mol. The van der Waals surface area contributed by atoms with Gasteiger partial charge in [-0.3, -0.25) is 0 Å². The zero-order valence-corrected chi connectivity index (χ0v) is 16.6. The Morgan fingerprint density at radius 2 is 1.67 bits per heavy atom. The number of ether oxygens (including phenoxy) is 1. The van der Waals surface area contributed by atoms with Crippen LogP contribution in [0.4, 0.5) is 21.9 Å². The Hall–Kier alpha value is -2.44. The van der Waals surface area contributed by atoms with E-state index in [-0.39, 0.29) is 6.03 Å². The lowest BCUT2D eigenvalue weighted by atomic mass is 10.2. The first kappa shape index (κ1) is 19.3. The van der Waals surface area contributed by atoms with Gasteiger partial charge < -0.3 is 25.2 Å². The van der Waals surface area contributed by atoms with Crippen molar-refractivity contribution in [3.8, 4) is 5.75 Å². The summed E-state index contributed by atoms with van der Waals surface area (Å²) in [7, 11) is 3.78. The third kappa shape index (κ3) is 4.84. The highest BCUT2D eigenvalue weighted by Gasteiger charge is 2.18. The van der Waals surface area contributed by atoms with Gasteiger partial charge in [-0.1, -0.05) is 17.7 Å². The molecule has 2 aromatic carbocycles. The number of anilines is 3. The van der Waals surface area contributed by atoms with Crippen LogP contribution in [0.3, 0.4) is 0 Å². The average molecular weight is 389 g/mol. The number of piperazine rings is 1. The van der Waals surface area contributed by atoms with E-state index in [0.717, 1.165) is 43.2 Å². The molecule has 6 nitrogen and oxygen atoms in total. The standard InChI is InChI=1S/C20H25ClN4O2/c1-14-4-5-15(12-17(14)21)22-20(26)23-16-6-7-19(27-3)18(13-16)25-10-8-24(2)9-11-25/h4-7,12-13H,8-11H2,1-3H3,(H2,22,23,26). The zero-order valence-electron chi connectivity index (χ0n) is 15.9. The first-order valence-corrected chi connectivity index (χ1v) is 9.30. The molecule has 27 heavy (non-hydrogen) atoms. The van der Waals surface area contributed by atoms with Crippen LogP contribution < -0.4 is 20.3 Å². The van der Waals surface area contributed by atoms with Gasteiger partial charge in [0.05, 0.1) is 12.8 Å². The lowest BCUT2D eigenvalue weighted by Crippen LogP contribution is -2.44. The maximum Gasteiger partial charge on any atom is 0.323 e. The van der Waals surface area contributed by atoms with Crippen LogP contribution in [0.1, 0.15) is 5.56 Å². The number of nitrogens with one attached hydrogen (secondary N) is 2. The van der Waals surface area contributed by atoms with E-state index in [1.165, 1.54) is 0 Å². The number of nitrogens with zero attached hydrogens (tertiary/aromatic N) is 2. The molecule has 0 spiro atoms. The van der Waals surface area contributed by atoms with Crippen LogP contribution in [0.2, 0.25) is 5.02 Å². The number of likely N-dealkylation sites (N-methyl/N-ethyl adjacent to an activating group) is 1. The van der Waals surface area contributed by atoms with Gasteiger partial charge in [0.1, 0.15) is 5.75 Å². The van der Waals surface area contributed by atoms with Crippen molar-refractivity contribution in [1.82, 2.24) is 4.90 Å². The highest BCUT2D eigenvalue weighted by Crippen LogP contribution is 2.32. The molecular formula is C20H25ClN4O2. The van der Waals surface area contributed by atoms with Gasteiger partial charge in [0.2, 0.25) is 0 Å². The summed E-state index contributed by atoms with van der Waals surface area (Å²) in [6.07, 6.45) is 0. The molecule has 0 radical (unpaired) electrons. The number of hydrogen-bond donors (Lipinski definition) is 2. The summed E-state index contributed by atoms with van der Waals surface area (Å²) >= 11 is 6.11. The lowest BCUT2D eigenvalue weighted by Gasteiger charge is -2.34. The molecule has 0 aliphatic carbocycles. The molecule has 2 N–H and O–H groups in total. The Labute approximate surface area is 165 Å². The molecule has 0 atom stereocenters. The van der Waals surface area contributed by atoms with E-state index < -0.39 is 0 Å². The predicted octanol–water partition coefficient (Wildman–Crippen LogP) is 4.05. The van der Waals surface area contributed by atoms with E-state index in [1.54, 1.807) is 13.2 Å². The van der Waals surface area contributed by atoms with Crippen molar-refractivity contribution in [3.63, 3.8) is 0 Å². The van der Waals surface area contributed by atoms with Crippen LogP contribution in [-0.4, -0.2) is 51.3 Å². The second-order valence-electron chi connectivity index (χ2n) is 6.72. The molecule has 1 fully saturated rings. The number of methoxy groups -OCH3 is 1. The molecule has 1 heterocycles. The van der Waals surface area contributed by atoms with Gasteiger partial charge in [-0.15, -0.1) is 0 Å². The molecule has 1 saturated heterocycles. The number of hydrogen-bond acceptors (Lipinski definition) is 4. The third-order valence-electron chi connectivity index (χ3n) is 4.71. The van der Waals surface area contributed by atoms with Crippen molar-refractivity contribution in [2.45, 2.75) is 6.92 Å². The van der Waals surface area contributed by atoms with E-state index >= 15 is 0 Å². The van der Waals surface area contributed by atoms with Crippen LogP contribution >= 0.6 is 11.6 Å². The van der Waals surface area contributed by atoms with E-state index in [1.807, 2.05) is 37.3 Å². The summed E-state index contributed by atoms with van der Waals surface area (Å²) < 4.78 is 5.51. The fraction of sp³-hybridized carbons (Fsp3) is 0.350. The second kappa shape index (κ2) is 8.50.